The Hall–Kier alpha value is -1.38. The number of halogens is 2. The lowest BCUT2D eigenvalue weighted by atomic mass is 10.3. The van der Waals surface area contributed by atoms with Gasteiger partial charge in [-0.25, -0.2) is 8.42 Å². The smallest absolute Gasteiger partial charge is 0.248 e. The molecule has 1 aromatic heterocycles. The van der Waals surface area contributed by atoms with Crippen molar-refractivity contribution in [3.63, 3.8) is 0 Å². The summed E-state index contributed by atoms with van der Waals surface area (Å²) in [6, 6.07) is 6.20. The van der Waals surface area contributed by atoms with Crippen LogP contribution in [-0.2, 0) is 10.0 Å². The van der Waals surface area contributed by atoms with E-state index in [1.54, 1.807) is 18.2 Å². The molecule has 1 aliphatic rings. The molecule has 0 atom stereocenters. The van der Waals surface area contributed by atoms with Crippen LogP contribution in [0.1, 0.15) is 0 Å². The molecule has 1 saturated heterocycles. The second-order valence-corrected chi connectivity index (χ2v) is 7.96. The minimum Gasteiger partial charge on any atom is -0.456 e. The molecule has 0 radical (unpaired) electrons. The molecule has 0 unspecified atom stereocenters. The van der Waals surface area contributed by atoms with Gasteiger partial charge in [-0.15, -0.1) is 0 Å². The van der Waals surface area contributed by atoms with Gasteiger partial charge in [0.15, 0.2) is 5.75 Å². The lowest BCUT2D eigenvalue weighted by molar-refractivity contribution is 0.358. The summed E-state index contributed by atoms with van der Waals surface area (Å²) >= 11 is 11.9. The fraction of sp³-hybridized carbons (Fsp3) is 0.267. The van der Waals surface area contributed by atoms with Gasteiger partial charge in [0.1, 0.15) is 10.6 Å². The predicted molar refractivity (Wildman–Crippen MR) is 92.4 cm³/mol. The first-order valence-electron chi connectivity index (χ1n) is 7.25. The van der Waals surface area contributed by atoms with E-state index in [-0.39, 0.29) is 10.6 Å². The van der Waals surface area contributed by atoms with E-state index in [0.29, 0.717) is 42.0 Å². The van der Waals surface area contributed by atoms with Gasteiger partial charge >= 0.3 is 0 Å². The molecule has 6 nitrogen and oxygen atoms in total. The molecule has 3 rings (SSSR count). The lowest BCUT2D eigenvalue weighted by Gasteiger charge is -2.27. The highest BCUT2D eigenvalue weighted by Gasteiger charge is 2.29. The molecule has 9 heteroatoms. The Morgan fingerprint density at radius 1 is 1.12 bits per heavy atom. The fourth-order valence-corrected chi connectivity index (χ4v) is 4.39. The SMILES string of the molecule is O=S(=O)(c1cnccc1Oc1cc(Cl)cc(Cl)c1)N1CCNCC1. The molecule has 128 valence electrons. The monoisotopic (exact) mass is 387 g/mol. The largest absolute Gasteiger partial charge is 0.456 e. The van der Waals surface area contributed by atoms with Crippen molar-refractivity contribution in [2.75, 3.05) is 26.2 Å². The van der Waals surface area contributed by atoms with Crippen molar-refractivity contribution in [3.8, 4) is 11.5 Å². The van der Waals surface area contributed by atoms with Crippen molar-refractivity contribution in [2.24, 2.45) is 0 Å². The van der Waals surface area contributed by atoms with E-state index < -0.39 is 10.0 Å². The van der Waals surface area contributed by atoms with Crippen LogP contribution in [-0.4, -0.2) is 43.9 Å². The molecule has 24 heavy (non-hydrogen) atoms. The fourth-order valence-electron chi connectivity index (χ4n) is 2.38. The van der Waals surface area contributed by atoms with Gasteiger partial charge in [-0.1, -0.05) is 23.2 Å². The van der Waals surface area contributed by atoms with Crippen LogP contribution in [0, 0.1) is 0 Å². The molecule has 0 aliphatic carbocycles. The first kappa shape index (κ1) is 17.4. The van der Waals surface area contributed by atoms with Gasteiger partial charge in [0.25, 0.3) is 0 Å². The van der Waals surface area contributed by atoms with Crippen LogP contribution < -0.4 is 10.1 Å². The van der Waals surface area contributed by atoms with Gasteiger partial charge in [-0.2, -0.15) is 4.31 Å². The number of rotatable bonds is 4. The van der Waals surface area contributed by atoms with Crippen molar-refractivity contribution >= 4 is 33.2 Å². The number of hydrogen-bond donors (Lipinski definition) is 1. The Morgan fingerprint density at radius 2 is 1.79 bits per heavy atom. The van der Waals surface area contributed by atoms with E-state index in [1.807, 2.05) is 0 Å². The second-order valence-electron chi connectivity index (χ2n) is 5.18. The highest BCUT2D eigenvalue weighted by atomic mass is 35.5. The van der Waals surface area contributed by atoms with Crippen LogP contribution in [0.15, 0.2) is 41.6 Å². The molecule has 2 heterocycles. The number of ether oxygens (including phenoxy) is 1. The zero-order chi connectivity index (χ0) is 17.2. The molecule has 1 fully saturated rings. The number of nitrogens with one attached hydrogen (secondary N) is 1. The highest BCUT2D eigenvalue weighted by Crippen LogP contribution is 2.32. The third kappa shape index (κ3) is 3.81. The van der Waals surface area contributed by atoms with E-state index in [0.717, 1.165) is 0 Å². The third-order valence-electron chi connectivity index (χ3n) is 3.50. The average molecular weight is 388 g/mol. The second kappa shape index (κ2) is 7.25. The molecule has 1 aliphatic heterocycles. The van der Waals surface area contributed by atoms with Crippen molar-refractivity contribution < 1.29 is 13.2 Å². The van der Waals surface area contributed by atoms with Crippen LogP contribution in [0.3, 0.4) is 0 Å². The standard InChI is InChI=1S/C15H15Cl2N3O3S/c16-11-7-12(17)9-13(8-11)23-14-1-2-19-10-15(14)24(21,22)20-5-3-18-4-6-20/h1-2,7-10,18H,3-6H2. The first-order chi connectivity index (χ1) is 11.5. The topological polar surface area (TPSA) is 71.5 Å². The summed E-state index contributed by atoms with van der Waals surface area (Å²) in [5.41, 5.74) is 0. The lowest BCUT2D eigenvalue weighted by Crippen LogP contribution is -2.46. The molecule has 0 spiro atoms. The number of pyridine rings is 1. The van der Waals surface area contributed by atoms with E-state index in [4.69, 9.17) is 27.9 Å². The summed E-state index contributed by atoms with van der Waals surface area (Å²) in [6.07, 6.45) is 2.76. The van der Waals surface area contributed by atoms with Gasteiger partial charge < -0.3 is 10.1 Å². The van der Waals surface area contributed by atoms with Crippen LogP contribution in [0.2, 0.25) is 10.0 Å². The van der Waals surface area contributed by atoms with Gasteiger partial charge in [0, 0.05) is 48.5 Å². The average Bonchev–Trinajstić information content (AvgIpc) is 2.55. The molecule has 1 aromatic carbocycles. The maximum Gasteiger partial charge on any atom is 0.248 e. The van der Waals surface area contributed by atoms with Gasteiger partial charge in [0.05, 0.1) is 6.20 Å². The number of aromatic nitrogens is 1. The Morgan fingerprint density at radius 3 is 2.46 bits per heavy atom. The van der Waals surface area contributed by atoms with E-state index in [1.165, 1.54) is 22.8 Å². The minimum absolute atomic E-state index is 0.0167. The van der Waals surface area contributed by atoms with Crippen molar-refractivity contribution in [1.82, 2.24) is 14.6 Å². The summed E-state index contributed by atoms with van der Waals surface area (Å²) < 4.78 is 32.8. The molecule has 0 bridgehead atoms. The summed E-state index contributed by atoms with van der Waals surface area (Å²) in [5, 5.41) is 3.92. The van der Waals surface area contributed by atoms with Crippen LogP contribution in [0.5, 0.6) is 11.5 Å². The third-order valence-corrected chi connectivity index (χ3v) is 5.85. The molecular weight excluding hydrogens is 373 g/mol. The van der Waals surface area contributed by atoms with E-state index in [9.17, 15) is 8.42 Å². The minimum atomic E-state index is -3.69. The Balaban J connectivity index is 1.95. The van der Waals surface area contributed by atoms with Gasteiger partial charge in [0.2, 0.25) is 10.0 Å². The van der Waals surface area contributed by atoms with Crippen molar-refractivity contribution in [1.29, 1.82) is 0 Å². The van der Waals surface area contributed by atoms with Crippen LogP contribution in [0.25, 0.3) is 0 Å². The maximum absolute atomic E-state index is 12.9. The predicted octanol–water partition coefficient (Wildman–Crippen LogP) is 2.77. The molecule has 2 aromatic rings. The molecular formula is C15H15Cl2N3O3S. The summed E-state index contributed by atoms with van der Waals surface area (Å²) in [6.45, 7) is 2.03. The maximum atomic E-state index is 12.9. The number of benzene rings is 1. The Kier molecular flexibility index (Phi) is 5.27. The first-order valence-corrected chi connectivity index (χ1v) is 9.45. The normalized spacial score (nSPS) is 16.1. The van der Waals surface area contributed by atoms with Crippen molar-refractivity contribution in [3.05, 3.63) is 46.7 Å². The summed E-state index contributed by atoms with van der Waals surface area (Å²) in [5.74, 6) is 0.539. The van der Waals surface area contributed by atoms with E-state index in [2.05, 4.69) is 10.3 Å². The number of nitrogens with zero attached hydrogens (tertiary/aromatic N) is 2. The molecule has 1 N–H and O–H groups in total. The zero-order valence-electron chi connectivity index (χ0n) is 12.6. The molecule has 0 amide bonds. The molecule has 0 saturated carbocycles. The number of piperazine rings is 1. The van der Waals surface area contributed by atoms with Crippen LogP contribution in [0.4, 0.5) is 0 Å². The number of hydrogen-bond acceptors (Lipinski definition) is 5. The van der Waals surface area contributed by atoms with Gasteiger partial charge in [-0.05, 0) is 18.2 Å². The van der Waals surface area contributed by atoms with Crippen molar-refractivity contribution in [2.45, 2.75) is 4.90 Å². The highest BCUT2D eigenvalue weighted by molar-refractivity contribution is 7.89. The van der Waals surface area contributed by atoms with Crippen LogP contribution >= 0.6 is 23.2 Å². The summed E-state index contributed by atoms with van der Waals surface area (Å²) in [7, 11) is -3.69. The Labute approximate surface area is 150 Å². The number of sulfonamides is 1. The zero-order valence-corrected chi connectivity index (χ0v) is 14.9. The van der Waals surface area contributed by atoms with E-state index >= 15 is 0 Å². The van der Waals surface area contributed by atoms with Gasteiger partial charge in [-0.3, -0.25) is 4.98 Å². The quantitative estimate of drug-likeness (QED) is 0.872. The summed E-state index contributed by atoms with van der Waals surface area (Å²) in [4.78, 5) is 3.95. The Bertz CT molecular complexity index is 819.